The second-order valence-electron chi connectivity index (χ2n) is 6.21. The zero-order valence-electron chi connectivity index (χ0n) is 13.5. The zero-order chi connectivity index (χ0) is 15.9. The van der Waals surface area contributed by atoms with Gasteiger partial charge in [-0.25, -0.2) is 4.79 Å². The molecule has 0 fully saturated rings. The Morgan fingerprint density at radius 2 is 1.81 bits per heavy atom. The predicted octanol–water partition coefficient (Wildman–Crippen LogP) is 3.66. The van der Waals surface area contributed by atoms with Gasteiger partial charge in [0.2, 0.25) is 0 Å². The van der Waals surface area contributed by atoms with Gasteiger partial charge in [0.25, 0.3) is 0 Å². The van der Waals surface area contributed by atoms with Crippen LogP contribution in [0.4, 0.5) is 0 Å². The molecule has 1 rings (SSSR count). The van der Waals surface area contributed by atoms with Crippen molar-refractivity contribution in [2.45, 2.75) is 45.3 Å². The Kier molecular flexibility index (Phi) is 7.07. The Labute approximate surface area is 130 Å². The van der Waals surface area contributed by atoms with Gasteiger partial charge in [-0.1, -0.05) is 30.8 Å². The van der Waals surface area contributed by atoms with Crippen molar-refractivity contribution in [3.05, 3.63) is 48.0 Å². The maximum Gasteiger partial charge on any atom is 0.330 e. The van der Waals surface area contributed by atoms with Crippen LogP contribution in [0.15, 0.2) is 36.9 Å². The molecule has 116 valence electrons. The van der Waals surface area contributed by atoms with Gasteiger partial charge < -0.3 is 8.85 Å². The van der Waals surface area contributed by atoms with Crippen LogP contribution in [-0.4, -0.2) is 23.3 Å². The third kappa shape index (κ3) is 7.99. The predicted molar refractivity (Wildman–Crippen MR) is 92.4 cm³/mol. The normalized spacial score (nSPS) is 12.8. The molecule has 0 saturated carbocycles. The van der Waals surface area contributed by atoms with Crippen molar-refractivity contribution in [1.29, 1.82) is 0 Å². The Balaban J connectivity index is 2.40. The van der Waals surface area contributed by atoms with E-state index in [2.05, 4.69) is 44.9 Å². The van der Waals surface area contributed by atoms with E-state index in [1.54, 1.807) is 0 Å². The maximum atomic E-state index is 11.0. The van der Waals surface area contributed by atoms with Gasteiger partial charge in [-0.3, -0.25) is 0 Å². The van der Waals surface area contributed by atoms with Gasteiger partial charge in [0.05, 0.1) is 0 Å². The highest BCUT2D eigenvalue weighted by molar-refractivity contribution is 6.77. The minimum atomic E-state index is -1.39. The van der Waals surface area contributed by atoms with E-state index >= 15 is 0 Å². The van der Waals surface area contributed by atoms with Crippen molar-refractivity contribution in [3.8, 4) is 0 Å². The van der Waals surface area contributed by atoms with E-state index in [1.807, 2.05) is 12.1 Å². The zero-order valence-corrected chi connectivity index (χ0v) is 15.7. The van der Waals surface area contributed by atoms with Gasteiger partial charge in [0.15, 0.2) is 17.4 Å². The van der Waals surface area contributed by atoms with E-state index in [0.717, 1.165) is 18.0 Å². The molecule has 0 amide bonds. The minimum Gasteiger partial charge on any atom is -0.458 e. The van der Waals surface area contributed by atoms with Crippen LogP contribution in [0.1, 0.15) is 11.1 Å². The molecular formula is C16H26O3Si2. The van der Waals surface area contributed by atoms with Crippen molar-refractivity contribution in [2.24, 2.45) is 0 Å². The van der Waals surface area contributed by atoms with Gasteiger partial charge in [0.1, 0.15) is 6.61 Å². The summed E-state index contributed by atoms with van der Waals surface area (Å²) in [6.45, 7) is 12.7. The van der Waals surface area contributed by atoms with E-state index in [9.17, 15) is 4.79 Å². The smallest absolute Gasteiger partial charge is 0.330 e. The van der Waals surface area contributed by atoms with Crippen LogP contribution in [0.3, 0.4) is 0 Å². The van der Waals surface area contributed by atoms with Crippen LogP contribution in [-0.2, 0) is 26.7 Å². The van der Waals surface area contributed by atoms with E-state index in [0.29, 0.717) is 6.61 Å². The lowest BCUT2D eigenvalue weighted by molar-refractivity contribution is -0.138. The molecule has 0 saturated heterocycles. The molecule has 21 heavy (non-hydrogen) atoms. The van der Waals surface area contributed by atoms with Crippen molar-refractivity contribution in [1.82, 2.24) is 0 Å². The minimum absolute atomic E-state index is 0.301. The Hall–Kier alpha value is -1.18. The number of rotatable bonds is 8. The number of esters is 1. The first-order valence-corrected chi connectivity index (χ1v) is 13.2. The lowest BCUT2D eigenvalue weighted by Crippen LogP contribution is -2.33. The van der Waals surface area contributed by atoms with E-state index in [-0.39, 0.29) is 5.97 Å². The molecule has 3 nitrogen and oxygen atoms in total. The van der Waals surface area contributed by atoms with Crippen LogP contribution >= 0.6 is 0 Å². The molecule has 0 aromatic heterocycles. The van der Waals surface area contributed by atoms with Crippen molar-refractivity contribution >= 4 is 23.3 Å². The summed E-state index contributed by atoms with van der Waals surface area (Å²) in [6.07, 6.45) is 2.24. The first-order chi connectivity index (χ1) is 9.80. The van der Waals surface area contributed by atoms with Crippen LogP contribution in [0, 0.1) is 0 Å². The lowest BCUT2D eigenvalue weighted by Gasteiger charge is -2.23. The second kappa shape index (κ2) is 8.31. The van der Waals surface area contributed by atoms with Crippen molar-refractivity contribution in [2.75, 3.05) is 0 Å². The van der Waals surface area contributed by atoms with E-state index < -0.39 is 17.4 Å². The summed E-state index contributed by atoms with van der Waals surface area (Å²) < 4.78 is 11.2. The second-order valence-corrected chi connectivity index (χ2v) is 13.6. The van der Waals surface area contributed by atoms with Gasteiger partial charge in [-0.15, -0.1) is 0 Å². The molecule has 0 aliphatic carbocycles. The highest BCUT2D eigenvalue weighted by atomic mass is 28.4. The topological polar surface area (TPSA) is 35.5 Å². The quantitative estimate of drug-likeness (QED) is 0.416. The summed E-state index contributed by atoms with van der Waals surface area (Å²) in [4.78, 5) is 11.0. The maximum absolute atomic E-state index is 11.0. The SMILES string of the molecule is C=CC(=O)OCc1ccc(CC[SiH](C)O[Si](C)(C)C)cc1. The van der Waals surface area contributed by atoms with Gasteiger partial charge in [-0.2, -0.15) is 0 Å². The molecule has 1 atom stereocenters. The Morgan fingerprint density at radius 3 is 2.33 bits per heavy atom. The van der Waals surface area contributed by atoms with E-state index in [1.165, 1.54) is 11.6 Å². The van der Waals surface area contributed by atoms with Crippen LogP contribution < -0.4 is 0 Å². The monoisotopic (exact) mass is 322 g/mol. The molecule has 1 aromatic carbocycles. The van der Waals surface area contributed by atoms with Crippen LogP contribution in [0.25, 0.3) is 0 Å². The average Bonchev–Trinajstić information content (AvgIpc) is 2.41. The summed E-state index contributed by atoms with van der Waals surface area (Å²) >= 11 is 0. The fourth-order valence-electron chi connectivity index (χ4n) is 2.05. The fourth-order valence-corrected chi connectivity index (χ4v) is 8.09. The number of aryl methyl sites for hydroxylation is 1. The summed E-state index contributed by atoms with van der Waals surface area (Å²) in [5, 5.41) is 0. The largest absolute Gasteiger partial charge is 0.458 e. The van der Waals surface area contributed by atoms with Crippen molar-refractivity contribution < 1.29 is 13.6 Å². The first-order valence-electron chi connectivity index (χ1n) is 7.35. The number of hydrogen-bond donors (Lipinski definition) is 0. The summed E-state index contributed by atoms with van der Waals surface area (Å²) in [6, 6.07) is 9.39. The van der Waals surface area contributed by atoms with Crippen LogP contribution in [0.2, 0.25) is 32.2 Å². The average molecular weight is 323 g/mol. The Morgan fingerprint density at radius 1 is 1.24 bits per heavy atom. The van der Waals surface area contributed by atoms with Crippen LogP contribution in [0.5, 0.6) is 0 Å². The number of carbonyl (C=O) groups excluding carboxylic acids is 1. The Bertz CT molecular complexity index is 463. The molecular weight excluding hydrogens is 296 g/mol. The standard InChI is InChI=1S/C16H26O3Si2/c1-6-16(17)18-13-15-9-7-14(8-10-15)11-12-20(2)19-21(3,4)5/h6-10,20H,1,11-13H2,2-5H3. The molecule has 1 unspecified atom stereocenters. The van der Waals surface area contributed by atoms with Gasteiger partial charge in [-0.05, 0) is 49.8 Å². The third-order valence-corrected chi connectivity index (χ3v) is 8.50. The highest BCUT2D eigenvalue weighted by Gasteiger charge is 2.18. The molecule has 0 N–H and O–H groups in total. The third-order valence-electron chi connectivity index (χ3n) is 2.97. The molecule has 0 bridgehead atoms. The van der Waals surface area contributed by atoms with Gasteiger partial charge >= 0.3 is 5.97 Å². The molecule has 0 heterocycles. The highest BCUT2D eigenvalue weighted by Crippen LogP contribution is 2.13. The van der Waals surface area contributed by atoms with E-state index in [4.69, 9.17) is 8.85 Å². The lowest BCUT2D eigenvalue weighted by atomic mass is 10.1. The number of ether oxygens (including phenoxy) is 1. The first kappa shape index (κ1) is 17.9. The summed E-state index contributed by atoms with van der Waals surface area (Å²) in [5.41, 5.74) is 2.31. The molecule has 0 radical (unpaired) electrons. The molecule has 1 aromatic rings. The summed E-state index contributed by atoms with van der Waals surface area (Å²) in [5.74, 6) is -0.387. The number of hydrogen-bond acceptors (Lipinski definition) is 3. The number of benzene rings is 1. The summed E-state index contributed by atoms with van der Waals surface area (Å²) in [7, 11) is -2.45. The molecule has 0 aliphatic heterocycles. The van der Waals surface area contributed by atoms with Gasteiger partial charge in [0, 0.05) is 6.08 Å². The number of carbonyl (C=O) groups is 1. The molecule has 0 aliphatic rings. The van der Waals surface area contributed by atoms with Crippen molar-refractivity contribution in [3.63, 3.8) is 0 Å². The molecule has 5 heteroatoms. The fraction of sp³-hybridized carbons (Fsp3) is 0.438. The molecule has 0 spiro atoms.